The van der Waals surface area contributed by atoms with Crippen molar-refractivity contribution in [3.63, 3.8) is 0 Å². The molecule has 4 rings (SSSR count). The maximum absolute atomic E-state index is 12.5. The summed E-state index contributed by atoms with van der Waals surface area (Å²) in [5.41, 5.74) is 3.09. The van der Waals surface area contributed by atoms with Gasteiger partial charge in [0.25, 0.3) is 0 Å². The normalized spacial score (nSPS) is 20.0. The minimum absolute atomic E-state index is 0.0115. The summed E-state index contributed by atoms with van der Waals surface area (Å²) in [6.45, 7) is 3.88. The maximum Gasteiger partial charge on any atom is 0.409 e. The molecule has 1 aliphatic carbocycles. The predicted octanol–water partition coefficient (Wildman–Crippen LogP) is 3.51. The van der Waals surface area contributed by atoms with E-state index in [4.69, 9.17) is 0 Å². The maximum atomic E-state index is 12.5. The van der Waals surface area contributed by atoms with E-state index < -0.39 is 6.09 Å². The van der Waals surface area contributed by atoms with Crippen molar-refractivity contribution in [2.45, 2.75) is 13.8 Å². The molecule has 2 amide bonds. The van der Waals surface area contributed by atoms with E-state index in [0.29, 0.717) is 16.9 Å². The number of carbonyl (C=O) groups is 2. The fourth-order valence-corrected chi connectivity index (χ4v) is 3.93. The summed E-state index contributed by atoms with van der Waals surface area (Å²) < 4.78 is 0. The molecule has 0 aliphatic heterocycles. The van der Waals surface area contributed by atoms with Crippen molar-refractivity contribution >= 4 is 34.3 Å². The third-order valence-electron chi connectivity index (χ3n) is 5.76. The lowest BCUT2D eigenvalue weighted by Crippen LogP contribution is -2.16. The summed E-state index contributed by atoms with van der Waals surface area (Å²) in [4.78, 5) is 32.2. The van der Waals surface area contributed by atoms with Crippen LogP contribution in [0.3, 0.4) is 0 Å². The molecule has 0 spiro atoms. The summed E-state index contributed by atoms with van der Waals surface area (Å²) in [6, 6.07) is 7.27. The van der Waals surface area contributed by atoms with E-state index in [0.717, 1.165) is 22.1 Å². The second-order valence-electron chi connectivity index (χ2n) is 7.66. The first-order chi connectivity index (χ1) is 14.4. The van der Waals surface area contributed by atoms with Gasteiger partial charge in [-0.1, -0.05) is 6.92 Å². The quantitative estimate of drug-likeness (QED) is 0.514. The van der Waals surface area contributed by atoms with E-state index in [1.54, 1.807) is 24.5 Å². The lowest BCUT2D eigenvalue weighted by molar-refractivity contribution is -0.118. The fourth-order valence-electron chi connectivity index (χ4n) is 3.93. The summed E-state index contributed by atoms with van der Waals surface area (Å²) in [7, 11) is 0. The number of carboxylic acid groups (broad SMARTS) is 1. The zero-order valence-electron chi connectivity index (χ0n) is 16.6. The number of carbonyl (C=O) groups excluding carboxylic acids is 1. The number of amides is 2. The first-order valence-electron chi connectivity index (χ1n) is 9.65. The van der Waals surface area contributed by atoms with Crippen molar-refractivity contribution < 1.29 is 19.8 Å². The lowest BCUT2D eigenvalue weighted by Gasteiger charge is -2.13. The fraction of sp³-hybridized carbons (Fsp3) is 0.273. The van der Waals surface area contributed by atoms with Gasteiger partial charge in [-0.25, -0.2) is 9.78 Å². The van der Waals surface area contributed by atoms with Gasteiger partial charge in [0.15, 0.2) is 0 Å². The zero-order valence-corrected chi connectivity index (χ0v) is 16.6. The van der Waals surface area contributed by atoms with E-state index in [1.165, 1.54) is 6.20 Å². The number of pyridine rings is 2. The Hall–Kier alpha value is -3.52. The number of nitrogens with zero attached hydrogens (tertiary/aromatic N) is 2. The Morgan fingerprint density at radius 1 is 1.17 bits per heavy atom. The van der Waals surface area contributed by atoms with Gasteiger partial charge in [0.05, 0.1) is 5.69 Å². The number of benzene rings is 1. The number of aryl methyl sites for hydroxylation is 1. The van der Waals surface area contributed by atoms with E-state index in [1.807, 2.05) is 26.0 Å². The Balaban J connectivity index is 1.73. The molecule has 1 fully saturated rings. The van der Waals surface area contributed by atoms with Crippen LogP contribution in [0.1, 0.15) is 12.5 Å². The summed E-state index contributed by atoms with van der Waals surface area (Å²) >= 11 is 0. The monoisotopic (exact) mass is 406 g/mol. The number of hydrogen-bond acceptors (Lipinski definition) is 5. The molecule has 0 bridgehead atoms. The highest BCUT2D eigenvalue weighted by molar-refractivity contribution is 6.04. The largest absolute Gasteiger partial charge is 0.465 e. The second kappa shape index (κ2) is 7.72. The molecular formula is C22H22N4O4. The Bertz CT molecular complexity index is 1150. The molecule has 8 nitrogen and oxygen atoms in total. The van der Waals surface area contributed by atoms with Crippen LogP contribution in [-0.2, 0) is 4.79 Å². The highest BCUT2D eigenvalue weighted by atomic mass is 16.4. The molecular weight excluding hydrogens is 384 g/mol. The van der Waals surface area contributed by atoms with Crippen molar-refractivity contribution in [1.29, 1.82) is 0 Å². The standard InChI is InChI=1S/C22H22N4O4/c1-11-3-4-23-8-15(11)13-5-14-7-19(26-21(28)20-12(2)17(20)10-27)24-9-16(14)18(6-13)25-22(29)30/h3-9,12,17,20,25,27H,10H2,1-2H3,(H,29,30)(H,24,26,28). The van der Waals surface area contributed by atoms with Crippen LogP contribution in [0.5, 0.6) is 0 Å². The number of aromatic nitrogens is 2. The third kappa shape index (κ3) is 3.69. The van der Waals surface area contributed by atoms with Crippen LogP contribution in [0.25, 0.3) is 21.9 Å². The molecule has 3 atom stereocenters. The van der Waals surface area contributed by atoms with Crippen molar-refractivity contribution in [3.05, 3.63) is 48.4 Å². The number of aliphatic hydroxyl groups is 1. The average Bonchev–Trinajstić information content (AvgIpc) is 3.37. The molecule has 3 aromatic rings. The smallest absolute Gasteiger partial charge is 0.409 e. The van der Waals surface area contributed by atoms with Gasteiger partial charge in [-0.05, 0) is 59.5 Å². The average molecular weight is 406 g/mol. The Morgan fingerprint density at radius 2 is 1.97 bits per heavy atom. The topological polar surface area (TPSA) is 124 Å². The Morgan fingerprint density at radius 3 is 2.63 bits per heavy atom. The van der Waals surface area contributed by atoms with E-state index in [9.17, 15) is 19.8 Å². The van der Waals surface area contributed by atoms with Crippen LogP contribution >= 0.6 is 0 Å². The molecule has 3 unspecified atom stereocenters. The van der Waals surface area contributed by atoms with Gasteiger partial charge < -0.3 is 15.5 Å². The Kier molecular flexibility index (Phi) is 5.09. The van der Waals surface area contributed by atoms with Crippen molar-refractivity contribution in [2.75, 3.05) is 17.2 Å². The molecule has 30 heavy (non-hydrogen) atoms. The molecule has 8 heteroatoms. The van der Waals surface area contributed by atoms with Gasteiger partial charge in [-0.3, -0.25) is 15.1 Å². The summed E-state index contributed by atoms with van der Waals surface area (Å²) in [5.74, 6) is 0.112. The van der Waals surface area contributed by atoms with Crippen LogP contribution in [-0.4, -0.2) is 38.8 Å². The molecule has 0 radical (unpaired) electrons. The molecule has 2 heterocycles. The van der Waals surface area contributed by atoms with Crippen LogP contribution < -0.4 is 10.6 Å². The van der Waals surface area contributed by atoms with Crippen molar-refractivity contribution in [3.8, 4) is 11.1 Å². The Labute approximate surface area is 173 Å². The molecule has 154 valence electrons. The second-order valence-corrected chi connectivity index (χ2v) is 7.66. The van der Waals surface area contributed by atoms with Crippen LogP contribution in [0.2, 0.25) is 0 Å². The van der Waals surface area contributed by atoms with E-state index >= 15 is 0 Å². The van der Waals surface area contributed by atoms with Crippen LogP contribution in [0.15, 0.2) is 42.9 Å². The number of anilines is 2. The van der Waals surface area contributed by atoms with Gasteiger partial charge >= 0.3 is 6.09 Å². The number of hydrogen-bond donors (Lipinski definition) is 4. The first kappa shape index (κ1) is 19.8. The van der Waals surface area contributed by atoms with Gasteiger partial charge in [-0.2, -0.15) is 0 Å². The molecule has 4 N–H and O–H groups in total. The van der Waals surface area contributed by atoms with Gasteiger partial charge in [0.2, 0.25) is 5.91 Å². The number of rotatable bonds is 5. The van der Waals surface area contributed by atoms with Crippen LogP contribution in [0, 0.1) is 24.7 Å². The van der Waals surface area contributed by atoms with Crippen molar-refractivity contribution in [1.82, 2.24) is 9.97 Å². The molecule has 0 saturated heterocycles. The number of aliphatic hydroxyl groups excluding tert-OH is 1. The summed E-state index contributed by atoms with van der Waals surface area (Å²) in [5, 5.41) is 25.1. The molecule has 1 saturated carbocycles. The van der Waals surface area contributed by atoms with Crippen molar-refractivity contribution in [2.24, 2.45) is 17.8 Å². The SMILES string of the molecule is Cc1ccncc1-c1cc(NC(=O)O)c2cnc(NC(=O)C3C(C)C3CO)cc2c1. The number of fused-ring (bicyclic) bond motifs is 1. The molecule has 2 aromatic heterocycles. The van der Waals surface area contributed by atoms with Gasteiger partial charge in [0.1, 0.15) is 5.82 Å². The lowest BCUT2D eigenvalue weighted by atomic mass is 9.99. The number of nitrogens with one attached hydrogen (secondary N) is 2. The highest BCUT2D eigenvalue weighted by Crippen LogP contribution is 2.46. The predicted molar refractivity (Wildman–Crippen MR) is 113 cm³/mol. The van der Waals surface area contributed by atoms with Gasteiger partial charge in [0, 0.05) is 42.1 Å². The highest BCUT2D eigenvalue weighted by Gasteiger charge is 2.51. The van der Waals surface area contributed by atoms with E-state index in [-0.39, 0.29) is 30.3 Å². The minimum Gasteiger partial charge on any atom is -0.465 e. The summed E-state index contributed by atoms with van der Waals surface area (Å²) in [6.07, 6.45) is 3.79. The third-order valence-corrected chi connectivity index (χ3v) is 5.76. The molecule has 1 aliphatic rings. The minimum atomic E-state index is -1.17. The van der Waals surface area contributed by atoms with E-state index in [2.05, 4.69) is 20.6 Å². The molecule has 1 aromatic carbocycles. The zero-order chi connectivity index (χ0) is 21.4. The first-order valence-corrected chi connectivity index (χ1v) is 9.65. The van der Waals surface area contributed by atoms with Crippen LogP contribution in [0.4, 0.5) is 16.3 Å². The van der Waals surface area contributed by atoms with Gasteiger partial charge in [-0.15, -0.1) is 0 Å².